The molecule has 0 aliphatic rings. The summed E-state index contributed by atoms with van der Waals surface area (Å²) in [5.74, 6) is -0.272. The molecule has 0 saturated carbocycles. The second-order valence-corrected chi connectivity index (χ2v) is 4.49. The van der Waals surface area contributed by atoms with Gasteiger partial charge in [-0.15, -0.1) is 0 Å². The van der Waals surface area contributed by atoms with Gasteiger partial charge in [-0.2, -0.15) is 8.42 Å². The first-order valence-electron chi connectivity index (χ1n) is 4.05. The van der Waals surface area contributed by atoms with Gasteiger partial charge in [0, 0.05) is 31.7 Å². The lowest BCUT2D eigenvalue weighted by molar-refractivity contribution is 0.483. The Labute approximate surface area is 83.1 Å². The molecule has 78 valence electrons. The van der Waals surface area contributed by atoms with Crippen LogP contribution in [-0.4, -0.2) is 37.3 Å². The predicted octanol–water partition coefficient (Wildman–Crippen LogP) is 0.406. The van der Waals surface area contributed by atoms with E-state index in [0.717, 1.165) is 5.69 Å². The van der Waals surface area contributed by atoms with Gasteiger partial charge in [-0.05, 0) is 12.1 Å². The molecule has 0 aliphatic carbocycles. The van der Waals surface area contributed by atoms with E-state index in [0.29, 0.717) is 0 Å². The third kappa shape index (κ3) is 3.71. The Morgan fingerprint density at radius 3 is 2.50 bits per heavy atom. The molecule has 0 spiro atoms. The van der Waals surface area contributed by atoms with Gasteiger partial charge in [0.2, 0.25) is 0 Å². The average molecular weight is 216 g/mol. The lowest BCUT2D eigenvalue weighted by Gasteiger charge is -2.17. The molecule has 0 radical (unpaired) electrons. The first-order valence-corrected chi connectivity index (χ1v) is 5.66. The number of hydrogen-bond acceptors (Lipinski definition) is 4. The number of anilines is 1. The molecular weight excluding hydrogens is 204 g/mol. The summed E-state index contributed by atoms with van der Waals surface area (Å²) in [5, 5.41) is 0. The molecule has 6 heteroatoms. The minimum Gasteiger partial charge on any atom is -0.373 e. The quantitative estimate of drug-likeness (QED) is 0.738. The summed E-state index contributed by atoms with van der Waals surface area (Å²) in [7, 11) is -2.13. The highest BCUT2D eigenvalue weighted by atomic mass is 32.2. The Bertz CT molecular complexity index is 377. The second kappa shape index (κ2) is 4.39. The highest BCUT2D eigenvalue weighted by Gasteiger charge is 2.07. The second-order valence-electron chi connectivity index (χ2n) is 2.91. The summed E-state index contributed by atoms with van der Waals surface area (Å²) < 4.78 is 29.5. The van der Waals surface area contributed by atoms with Crippen LogP contribution in [0.25, 0.3) is 0 Å². The fourth-order valence-corrected chi connectivity index (χ4v) is 1.48. The van der Waals surface area contributed by atoms with E-state index in [-0.39, 0.29) is 12.3 Å². The maximum absolute atomic E-state index is 10.5. The molecule has 0 unspecified atom stereocenters. The van der Waals surface area contributed by atoms with Gasteiger partial charge in [0.1, 0.15) is 0 Å². The molecule has 1 aromatic heterocycles. The Balaban J connectivity index is 2.56. The highest BCUT2D eigenvalue weighted by Crippen LogP contribution is 2.08. The maximum Gasteiger partial charge on any atom is 0.266 e. The molecule has 5 nitrogen and oxygen atoms in total. The van der Waals surface area contributed by atoms with Crippen LogP contribution in [0.1, 0.15) is 0 Å². The Morgan fingerprint density at radius 2 is 2.00 bits per heavy atom. The molecule has 0 atom stereocenters. The summed E-state index contributed by atoms with van der Waals surface area (Å²) in [5.41, 5.74) is 0.864. The van der Waals surface area contributed by atoms with Crippen LogP contribution in [0.4, 0.5) is 5.69 Å². The van der Waals surface area contributed by atoms with E-state index in [1.807, 2.05) is 0 Å². The molecule has 1 aromatic rings. The molecular formula is C8H12N2O3S. The van der Waals surface area contributed by atoms with Crippen LogP contribution in [-0.2, 0) is 10.1 Å². The van der Waals surface area contributed by atoms with Crippen molar-refractivity contribution in [3.8, 4) is 0 Å². The van der Waals surface area contributed by atoms with Crippen molar-refractivity contribution in [2.45, 2.75) is 0 Å². The van der Waals surface area contributed by atoms with Crippen molar-refractivity contribution < 1.29 is 13.0 Å². The number of nitrogens with zero attached hydrogens (tertiary/aromatic N) is 2. The predicted molar refractivity (Wildman–Crippen MR) is 53.9 cm³/mol. The first kappa shape index (κ1) is 10.9. The largest absolute Gasteiger partial charge is 0.373 e. The molecule has 0 aromatic carbocycles. The summed E-state index contributed by atoms with van der Waals surface area (Å²) in [4.78, 5) is 5.57. The zero-order valence-electron chi connectivity index (χ0n) is 7.79. The van der Waals surface area contributed by atoms with Crippen LogP contribution in [0.15, 0.2) is 24.5 Å². The number of rotatable bonds is 4. The fraction of sp³-hybridized carbons (Fsp3) is 0.375. The van der Waals surface area contributed by atoms with Crippen LogP contribution in [0.2, 0.25) is 0 Å². The van der Waals surface area contributed by atoms with Crippen molar-refractivity contribution in [1.82, 2.24) is 4.98 Å². The van der Waals surface area contributed by atoms with Gasteiger partial charge in [-0.1, -0.05) is 0 Å². The lowest BCUT2D eigenvalue weighted by atomic mass is 10.4. The van der Waals surface area contributed by atoms with Gasteiger partial charge in [0.15, 0.2) is 0 Å². The van der Waals surface area contributed by atoms with E-state index in [4.69, 9.17) is 4.55 Å². The summed E-state index contributed by atoms with van der Waals surface area (Å²) in [6.07, 6.45) is 3.25. The summed E-state index contributed by atoms with van der Waals surface area (Å²) in [6, 6.07) is 3.54. The summed E-state index contributed by atoms with van der Waals surface area (Å²) >= 11 is 0. The van der Waals surface area contributed by atoms with Crippen LogP contribution in [0.3, 0.4) is 0 Å². The molecule has 1 rings (SSSR count). The van der Waals surface area contributed by atoms with E-state index in [1.54, 1.807) is 36.5 Å². The number of hydrogen-bond donors (Lipinski definition) is 1. The fourth-order valence-electron chi connectivity index (χ4n) is 0.980. The normalized spacial score (nSPS) is 11.3. The van der Waals surface area contributed by atoms with Crippen LogP contribution in [0, 0.1) is 0 Å². The first-order chi connectivity index (χ1) is 6.49. The molecule has 1 heterocycles. The van der Waals surface area contributed by atoms with E-state index < -0.39 is 10.1 Å². The monoisotopic (exact) mass is 216 g/mol. The van der Waals surface area contributed by atoms with Gasteiger partial charge < -0.3 is 4.90 Å². The molecule has 1 N–H and O–H groups in total. The Kier molecular flexibility index (Phi) is 3.43. The van der Waals surface area contributed by atoms with Crippen molar-refractivity contribution in [3.05, 3.63) is 24.5 Å². The van der Waals surface area contributed by atoms with E-state index in [9.17, 15) is 8.42 Å². The molecule has 0 aliphatic heterocycles. The van der Waals surface area contributed by atoms with E-state index >= 15 is 0 Å². The number of pyridine rings is 1. The van der Waals surface area contributed by atoms with Crippen LogP contribution in [0.5, 0.6) is 0 Å². The van der Waals surface area contributed by atoms with Crippen molar-refractivity contribution in [2.75, 3.05) is 24.2 Å². The van der Waals surface area contributed by atoms with Gasteiger partial charge in [0.05, 0.1) is 5.75 Å². The highest BCUT2D eigenvalue weighted by molar-refractivity contribution is 7.85. The minimum absolute atomic E-state index is 0.253. The van der Waals surface area contributed by atoms with Crippen LogP contribution >= 0.6 is 0 Å². The topological polar surface area (TPSA) is 70.5 Å². The molecule has 0 saturated heterocycles. The average Bonchev–Trinajstić information content (AvgIpc) is 2.14. The van der Waals surface area contributed by atoms with Gasteiger partial charge in [0.25, 0.3) is 10.1 Å². The third-order valence-corrected chi connectivity index (χ3v) is 2.49. The molecule has 14 heavy (non-hydrogen) atoms. The van der Waals surface area contributed by atoms with Crippen molar-refractivity contribution in [2.24, 2.45) is 0 Å². The zero-order chi connectivity index (χ0) is 10.6. The van der Waals surface area contributed by atoms with Crippen molar-refractivity contribution in [3.63, 3.8) is 0 Å². The van der Waals surface area contributed by atoms with Crippen LogP contribution < -0.4 is 4.90 Å². The Morgan fingerprint density at radius 1 is 1.43 bits per heavy atom. The number of aromatic nitrogens is 1. The molecule has 0 bridgehead atoms. The van der Waals surface area contributed by atoms with Gasteiger partial charge in [-0.25, -0.2) is 0 Å². The van der Waals surface area contributed by atoms with Gasteiger partial charge >= 0.3 is 0 Å². The van der Waals surface area contributed by atoms with E-state index in [1.165, 1.54) is 0 Å². The zero-order valence-corrected chi connectivity index (χ0v) is 8.61. The minimum atomic E-state index is -3.88. The van der Waals surface area contributed by atoms with Gasteiger partial charge in [-0.3, -0.25) is 9.54 Å². The Hall–Kier alpha value is -1.14. The maximum atomic E-state index is 10.5. The molecule has 0 amide bonds. The standard InChI is InChI=1S/C8H12N2O3S/c1-10(6-7-14(11,12)13)8-2-4-9-5-3-8/h2-5H,6-7H2,1H3,(H,11,12,13). The smallest absolute Gasteiger partial charge is 0.266 e. The SMILES string of the molecule is CN(CCS(=O)(=O)O)c1ccncc1. The third-order valence-electron chi connectivity index (χ3n) is 1.79. The van der Waals surface area contributed by atoms with Crippen molar-refractivity contribution in [1.29, 1.82) is 0 Å². The summed E-state index contributed by atoms with van der Waals surface area (Å²) in [6.45, 7) is 0.253. The molecule has 0 fully saturated rings. The van der Waals surface area contributed by atoms with Crippen molar-refractivity contribution >= 4 is 15.8 Å². The lowest BCUT2D eigenvalue weighted by Crippen LogP contribution is -2.24. The van der Waals surface area contributed by atoms with E-state index in [2.05, 4.69) is 4.98 Å².